The Hall–Kier alpha value is -2.36. The molecule has 3 N–H and O–H groups in total. The van der Waals surface area contributed by atoms with Crippen LogP contribution >= 0.6 is 12.2 Å². The lowest BCUT2D eigenvalue weighted by Crippen LogP contribution is -2.15. The van der Waals surface area contributed by atoms with Crippen LogP contribution in [-0.2, 0) is 0 Å². The van der Waals surface area contributed by atoms with Crippen LogP contribution in [0.15, 0.2) is 12.3 Å². The van der Waals surface area contributed by atoms with Gasteiger partial charge in [-0.25, -0.2) is 22.0 Å². The number of halogens is 5. The molecule has 0 saturated carbocycles. The van der Waals surface area contributed by atoms with Gasteiger partial charge < -0.3 is 11.1 Å². The Balaban J connectivity index is 2.58. The minimum Gasteiger partial charge on any atom is -0.389 e. The summed E-state index contributed by atoms with van der Waals surface area (Å²) in [5.74, 6) is -10.8. The zero-order chi connectivity index (χ0) is 15.7. The van der Waals surface area contributed by atoms with E-state index < -0.39 is 34.8 Å². The fourth-order valence-corrected chi connectivity index (χ4v) is 1.62. The molecule has 0 unspecified atom stereocenters. The van der Waals surface area contributed by atoms with Gasteiger partial charge in [0.25, 0.3) is 0 Å². The van der Waals surface area contributed by atoms with Gasteiger partial charge in [-0.15, -0.1) is 5.10 Å². The Bertz CT molecular complexity index is 708. The van der Waals surface area contributed by atoms with Gasteiger partial charge in [-0.2, -0.15) is 5.10 Å². The summed E-state index contributed by atoms with van der Waals surface area (Å²) < 4.78 is 66.1. The van der Waals surface area contributed by atoms with Crippen LogP contribution in [0.2, 0.25) is 0 Å². The van der Waals surface area contributed by atoms with E-state index in [4.69, 9.17) is 5.73 Å². The zero-order valence-corrected chi connectivity index (χ0v) is 10.7. The smallest absolute Gasteiger partial charge is 0.200 e. The summed E-state index contributed by atoms with van der Waals surface area (Å²) in [6.45, 7) is 0. The lowest BCUT2D eigenvalue weighted by Gasteiger charge is -2.12. The number of hydrogen-bond acceptors (Lipinski definition) is 4. The molecule has 0 fully saturated rings. The van der Waals surface area contributed by atoms with Crippen LogP contribution in [0.5, 0.6) is 0 Å². The highest BCUT2D eigenvalue weighted by molar-refractivity contribution is 7.80. The molecule has 1 aromatic carbocycles. The first kappa shape index (κ1) is 15.0. The number of thiocarbonyl (C=S) groups is 1. The van der Waals surface area contributed by atoms with Crippen LogP contribution in [-0.4, -0.2) is 15.2 Å². The molecule has 1 aromatic heterocycles. The second kappa shape index (κ2) is 5.56. The Morgan fingerprint density at radius 3 is 2.05 bits per heavy atom. The lowest BCUT2D eigenvalue weighted by atomic mass is 10.2. The third kappa shape index (κ3) is 2.61. The number of anilines is 2. The Morgan fingerprint density at radius 1 is 1.00 bits per heavy atom. The number of aromatic nitrogens is 2. The average molecular weight is 320 g/mol. The first-order valence-corrected chi connectivity index (χ1v) is 5.65. The van der Waals surface area contributed by atoms with Gasteiger partial charge in [-0.1, -0.05) is 12.2 Å². The second-order valence-electron chi connectivity index (χ2n) is 3.73. The van der Waals surface area contributed by atoms with Crippen molar-refractivity contribution < 1.29 is 22.0 Å². The summed E-state index contributed by atoms with van der Waals surface area (Å²) in [5, 5.41) is 8.83. The maximum Gasteiger partial charge on any atom is 0.200 e. The molecule has 0 amide bonds. The molecule has 0 aliphatic carbocycles. The van der Waals surface area contributed by atoms with Gasteiger partial charge in [0.1, 0.15) is 10.7 Å². The molecule has 110 valence electrons. The van der Waals surface area contributed by atoms with Gasteiger partial charge in [-0.3, -0.25) is 0 Å². The van der Waals surface area contributed by atoms with Crippen molar-refractivity contribution in [1.82, 2.24) is 10.2 Å². The molecule has 2 aromatic rings. The standard InChI is InChI=1S/C11H5F5N4S/c12-4-5(13)7(15)9(8(16)6(4)14)19-11-3(10(17)21)1-2-18-20-11/h1-2H,(H2,17,21)(H,19,20). The molecule has 1 heterocycles. The molecular formula is C11H5F5N4S. The van der Waals surface area contributed by atoms with Gasteiger partial charge >= 0.3 is 0 Å². The molecule has 0 atom stereocenters. The molecule has 0 radical (unpaired) electrons. The van der Waals surface area contributed by atoms with Crippen LogP contribution in [0.3, 0.4) is 0 Å². The normalized spacial score (nSPS) is 10.5. The van der Waals surface area contributed by atoms with Gasteiger partial charge in [0.15, 0.2) is 29.1 Å². The third-order valence-corrected chi connectivity index (χ3v) is 2.66. The Morgan fingerprint density at radius 2 is 1.52 bits per heavy atom. The van der Waals surface area contributed by atoms with E-state index in [2.05, 4.69) is 22.4 Å². The minimum absolute atomic E-state index is 0.0314. The van der Waals surface area contributed by atoms with Crippen LogP contribution in [0.25, 0.3) is 0 Å². The predicted octanol–water partition coefficient (Wildman–Crippen LogP) is 2.55. The van der Waals surface area contributed by atoms with Crippen molar-refractivity contribution >= 4 is 28.7 Å². The first-order valence-electron chi connectivity index (χ1n) is 5.24. The largest absolute Gasteiger partial charge is 0.389 e. The SMILES string of the molecule is NC(=S)c1ccnnc1Nc1c(F)c(F)c(F)c(F)c1F. The van der Waals surface area contributed by atoms with Gasteiger partial charge in [0.2, 0.25) is 5.82 Å². The van der Waals surface area contributed by atoms with Crippen molar-refractivity contribution in [3.63, 3.8) is 0 Å². The molecule has 0 saturated heterocycles. The maximum atomic E-state index is 13.5. The van der Waals surface area contributed by atoms with Crippen LogP contribution in [0, 0.1) is 29.1 Å². The van der Waals surface area contributed by atoms with E-state index in [-0.39, 0.29) is 16.4 Å². The summed E-state index contributed by atoms with van der Waals surface area (Å²) in [7, 11) is 0. The van der Waals surface area contributed by atoms with Crippen molar-refractivity contribution in [3.05, 3.63) is 46.9 Å². The molecule has 0 aliphatic rings. The number of benzene rings is 1. The molecule has 0 bridgehead atoms. The first-order chi connectivity index (χ1) is 9.84. The maximum absolute atomic E-state index is 13.5. The van der Waals surface area contributed by atoms with Crippen molar-refractivity contribution in [2.45, 2.75) is 0 Å². The molecular weight excluding hydrogens is 315 g/mol. The summed E-state index contributed by atoms with van der Waals surface area (Å²) >= 11 is 4.68. The van der Waals surface area contributed by atoms with E-state index in [0.29, 0.717) is 0 Å². The van der Waals surface area contributed by atoms with E-state index in [9.17, 15) is 22.0 Å². The molecule has 10 heteroatoms. The third-order valence-electron chi connectivity index (χ3n) is 2.44. The van der Waals surface area contributed by atoms with Crippen molar-refractivity contribution in [1.29, 1.82) is 0 Å². The van der Waals surface area contributed by atoms with Crippen LogP contribution in [0.1, 0.15) is 5.56 Å². The molecule has 0 aliphatic heterocycles. The molecule has 2 rings (SSSR count). The highest BCUT2D eigenvalue weighted by atomic mass is 32.1. The average Bonchev–Trinajstić information content (AvgIpc) is 2.48. The van der Waals surface area contributed by atoms with Gasteiger partial charge in [0.05, 0.1) is 11.8 Å². The minimum atomic E-state index is -2.26. The highest BCUT2D eigenvalue weighted by Crippen LogP contribution is 2.29. The summed E-state index contributed by atoms with van der Waals surface area (Å²) in [6.07, 6.45) is 1.19. The molecule has 21 heavy (non-hydrogen) atoms. The number of nitrogens with two attached hydrogens (primary N) is 1. The Kier molecular flexibility index (Phi) is 3.98. The van der Waals surface area contributed by atoms with Crippen molar-refractivity contribution in [2.24, 2.45) is 5.73 Å². The summed E-state index contributed by atoms with van der Waals surface area (Å²) in [5.41, 5.74) is 4.11. The van der Waals surface area contributed by atoms with E-state index in [1.807, 2.05) is 5.32 Å². The Labute approximate surface area is 119 Å². The quantitative estimate of drug-likeness (QED) is 0.394. The van der Waals surface area contributed by atoms with E-state index in [1.54, 1.807) is 0 Å². The molecule has 4 nitrogen and oxygen atoms in total. The number of hydrogen-bond donors (Lipinski definition) is 2. The van der Waals surface area contributed by atoms with Gasteiger partial charge in [-0.05, 0) is 6.07 Å². The predicted molar refractivity (Wildman–Crippen MR) is 67.4 cm³/mol. The summed E-state index contributed by atoms with van der Waals surface area (Å²) in [4.78, 5) is -0.198. The van der Waals surface area contributed by atoms with Crippen LogP contribution in [0.4, 0.5) is 33.5 Å². The number of nitrogens with zero attached hydrogens (tertiary/aromatic N) is 2. The topological polar surface area (TPSA) is 63.8 Å². The highest BCUT2D eigenvalue weighted by Gasteiger charge is 2.26. The second-order valence-corrected chi connectivity index (χ2v) is 4.17. The van der Waals surface area contributed by atoms with E-state index >= 15 is 0 Å². The van der Waals surface area contributed by atoms with E-state index in [1.165, 1.54) is 12.3 Å². The monoisotopic (exact) mass is 320 g/mol. The van der Waals surface area contributed by atoms with Crippen molar-refractivity contribution in [3.8, 4) is 0 Å². The molecule has 0 spiro atoms. The number of rotatable bonds is 3. The van der Waals surface area contributed by atoms with Gasteiger partial charge in [0, 0.05) is 0 Å². The van der Waals surface area contributed by atoms with Crippen LogP contribution < -0.4 is 11.1 Å². The fraction of sp³-hybridized carbons (Fsp3) is 0. The zero-order valence-electron chi connectivity index (χ0n) is 9.92. The lowest BCUT2D eigenvalue weighted by molar-refractivity contribution is 0.382. The fourth-order valence-electron chi connectivity index (χ4n) is 1.46. The van der Waals surface area contributed by atoms with Crippen molar-refractivity contribution in [2.75, 3.05) is 5.32 Å². The summed E-state index contributed by atoms with van der Waals surface area (Å²) in [6, 6.07) is 1.27. The number of nitrogens with one attached hydrogen (secondary N) is 1. The van der Waals surface area contributed by atoms with E-state index in [0.717, 1.165) is 0 Å².